The summed E-state index contributed by atoms with van der Waals surface area (Å²) in [6.45, 7) is 20.7. The minimum absolute atomic E-state index is 0.0561. The van der Waals surface area contributed by atoms with Crippen molar-refractivity contribution in [2.45, 2.75) is 128 Å². The normalized spacial score (nSPS) is 15.3. The minimum atomic E-state index is -3.74. The molecule has 0 heterocycles. The third-order valence-electron chi connectivity index (χ3n) is 8.77. The smallest absolute Gasteiger partial charge is 0.333 e. The lowest BCUT2D eigenvalue weighted by atomic mass is 9.99. The quantitative estimate of drug-likeness (QED) is 0.0455. The predicted molar refractivity (Wildman–Crippen MR) is 190 cm³/mol. The number of benzene rings is 1. The summed E-state index contributed by atoms with van der Waals surface area (Å²) in [5.74, 6) is 0.393. The summed E-state index contributed by atoms with van der Waals surface area (Å²) in [4.78, 5) is 13.1. The largest absolute Gasteiger partial charge is 0.466 e. The van der Waals surface area contributed by atoms with E-state index < -0.39 is 29.4 Å². The van der Waals surface area contributed by atoms with Gasteiger partial charge in [-0.1, -0.05) is 96.0 Å². The van der Waals surface area contributed by atoms with Crippen molar-refractivity contribution < 1.29 is 22.4 Å². The van der Waals surface area contributed by atoms with Gasteiger partial charge in [0.2, 0.25) is 0 Å². The lowest BCUT2D eigenvalue weighted by Crippen LogP contribution is -2.48. The summed E-state index contributed by atoms with van der Waals surface area (Å²) in [7, 11) is -4.30. The van der Waals surface area contributed by atoms with Crippen LogP contribution in [-0.4, -0.2) is 47.6 Å². The van der Waals surface area contributed by atoms with E-state index in [1.165, 1.54) is 7.11 Å². The zero-order chi connectivity index (χ0) is 33.5. The van der Waals surface area contributed by atoms with Crippen LogP contribution >= 0.6 is 11.6 Å². The first-order valence-electron chi connectivity index (χ1n) is 16.2. The van der Waals surface area contributed by atoms with Gasteiger partial charge in [-0.2, -0.15) is 0 Å². The van der Waals surface area contributed by atoms with Crippen LogP contribution < -0.4 is 0 Å². The molecule has 1 unspecified atom stereocenters. The molecule has 44 heavy (non-hydrogen) atoms. The van der Waals surface area contributed by atoms with Crippen LogP contribution in [0.3, 0.4) is 0 Å². The Labute approximate surface area is 275 Å². The first-order valence-corrected chi connectivity index (χ1v) is 20.4. The van der Waals surface area contributed by atoms with Gasteiger partial charge in [0, 0.05) is 18.1 Å². The van der Waals surface area contributed by atoms with Crippen molar-refractivity contribution >= 4 is 35.7 Å². The van der Waals surface area contributed by atoms with E-state index in [2.05, 4.69) is 54.5 Å². The second-order valence-electron chi connectivity index (χ2n) is 13.2. The molecular weight excluding hydrogens is 608 g/mol. The monoisotopic (exact) mass is 666 g/mol. The van der Waals surface area contributed by atoms with Crippen molar-refractivity contribution in [2.24, 2.45) is 5.92 Å². The second kappa shape index (κ2) is 19.8. The average Bonchev–Trinajstić information content (AvgIpc) is 2.97. The van der Waals surface area contributed by atoms with Gasteiger partial charge < -0.3 is 9.16 Å². The first kappa shape index (κ1) is 40.4. The van der Waals surface area contributed by atoms with Crippen molar-refractivity contribution in [3.05, 3.63) is 65.3 Å². The summed E-state index contributed by atoms with van der Waals surface area (Å²) in [5, 5.41) is -0.889. The summed E-state index contributed by atoms with van der Waals surface area (Å²) >= 11 is 5.90. The van der Waals surface area contributed by atoms with Crippen molar-refractivity contribution in [2.75, 3.05) is 19.6 Å². The molecule has 8 heteroatoms. The van der Waals surface area contributed by atoms with Gasteiger partial charge in [-0.3, -0.25) is 0 Å². The summed E-state index contributed by atoms with van der Waals surface area (Å²) in [6.07, 6.45) is 9.78. The maximum absolute atomic E-state index is 13.8. The van der Waals surface area contributed by atoms with Crippen LogP contribution in [0, 0.1) is 5.92 Å². The van der Waals surface area contributed by atoms with E-state index in [4.69, 9.17) is 20.8 Å². The Morgan fingerprint density at radius 1 is 0.886 bits per heavy atom. The number of carbonyl (C=O) groups excluding carboxylic acids is 1. The molecule has 1 rings (SSSR count). The Kier molecular flexibility index (Phi) is 18.1. The van der Waals surface area contributed by atoms with Crippen molar-refractivity contribution in [3.63, 3.8) is 0 Å². The highest BCUT2D eigenvalue weighted by atomic mass is 35.5. The van der Waals surface area contributed by atoms with Crippen LogP contribution in [0.4, 0.5) is 0 Å². The lowest BCUT2D eigenvalue weighted by molar-refractivity contribution is -0.136. The van der Waals surface area contributed by atoms with Crippen LogP contribution in [0.5, 0.6) is 0 Å². The standard InChI is InChI=1S/C36H59ClO5SSi/c1-27(2)44(28(3)4,29(5)6)42-23-22-30(7)16-15-19-33(36(38)41-10)25-35(24-31(8)17-14-18-32(9)26-37)43(39,40)34-20-12-11-13-21-34/h11-13,18-21,24,27-30,35H,14-17,22-23,25-26H2,1-10H3/b31-24-,32-18-,33-19+/t30-,35?/m0/s1. The van der Waals surface area contributed by atoms with Crippen LogP contribution in [-0.2, 0) is 23.8 Å². The van der Waals surface area contributed by atoms with E-state index in [0.717, 1.165) is 37.0 Å². The van der Waals surface area contributed by atoms with Gasteiger partial charge in [-0.25, -0.2) is 13.2 Å². The highest BCUT2D eigenvalue weighted by molar-refractivity contribution is 7.92. The number of alkyl halides is 1. The Morgan fingerprint density at radius 2 is 1.48 bits per heavy atom. The molecule has 0 saturated carbocycles. The molecule has 0 amide bonds. The highest BCUT2D eigenvalue weighted by Gasteiger charge is 2.44. The molecule has 1 aromatic carbocycles. The molecular formula is C36H59ClO5SSi. The summed E-state index contributed by atoms with van der Waals surface area (Å²) < 4.78 is 39.5. The number of ether oxygens (including phenoxy) is 1. The average molecular weight is 667 g/mol. The number of carbonyl (C=O) groups is 1. The molecule has 2 atom stereocenters. The molecule has 1 aromatic rings. The maximum atomic E-state index is 13.8. The van der Waals surface area contributed by atoms with Crippen LogP contribution in [0.2, 0.25) is 16.6 Å². The molecule has 0 aromatic heterocycles. The minimum Gasteiger partial charge on any atom is -0.466 e. The molecule has 0 fully saturated rings. The van der Waals surface area contributed by atoms with E-state index in [1.807, 2.05) is 19.9 Å². The zero-order valence-corrected chi connectivity index (χ0v) is 31.6. The number of esters is 1. The first-order chi connectivity index (χ1) is 20.6. The van der Waals surface area contributed by atoms with Gasteiger partial charge in [-0.05, 0) is 87.0 Å². The van der Waals surface area contributed by atoms with Crippen molar-refractivity contribution in [3.8, 4) is 0 Å². The Balaban J connectivity index is 3.13. The topological polar surface area (TPSA) is 69.7 Å². The number of rotatable bonds is 20. The maximum Gasteiger partial charge on any atom is 0.333 e. The fraction of sp³-hybridized carbons (Fsp3) is 0.639. The van der Waals surface area contributed by atoms with Gasteiger partial charge in [0.05, 0.1) is 17.3 Å². The van der Waals surface area contributed by atoms with Gasteiger partial charge in [0.15, 0.2) is 18.2 Å². The molecule has 0 aliphatic carbocycles. The number of allylic oxidation sites excluding steroid dienone is 4. The molecule has 0 aliphatic rings. The van der Waals surface area contributed by atoms with E-state index in [0.29, 0.717) is 46.8 Å². The Morgan fingerprint density at radius 3 is 2.00 bits per heavy atom. The molecule has 0 saturated heterocycles. The van der Waals surface area contributed by atoms with Crippen LogP contribution in [0.15, 0.2) is 70.2 Å². The molecule has 0 aliphatic heterocycles. The van der Waals surface area contributed by atoms with Gasteiger partial charge in [0.1, 0.15) is 0 Å². The molecule has 0 radical (unpaired) electrons. The fourth-order valence-electron chi connectivity index (χ4n) is 6.27. The van der Waals surface area contributed by atoms with E-state index in [-0.39, 0.29) is 11.3 Å². The number of methoxy groups -OCH3 is 1. The summed E-state index contributed by atoms with van der Waals surface area (Å²) in [6, 6.07) is 8.46. The molecule has 0 bridgehead atoms. The molecule has 5 nitrogen and oxygen atoms in total. The van der Waals surface area contributed by atoms with Crippen LogP contribution in [0.25, 0.3) is 0 Å². The molecule has 0 spiro atoms. The fourth-order valence-corrected chi connectivity index (χ4v) is 13.5. The zero-order valence-electron chi connectivity index (χ0n) is 29.0. The molecule has 0 N–H and O–H groups in total. The van der Waals surface area contributed by atoms with E-state index in [9.17, 15) is 13.2 Å². The third kappa shape index (κ3) is 12.3. The van der Waals surface area contributed by atoms with Gasteiger partial charge in [-0.15, -0.1) is 11.6 Å². The number of halogens is 1. The van der Waals surface area contributed by atoms with Gasteiger partial charge >= 0.3 is 5.97 Å². The van der Waals surface area contributed by atoms with Crippen LogP contribution in [0.1, 0.15) is 101 Å². The summed E-state index contributed by atoms with van der Waals surface area (Å²) in [5.41, 5.74) is 4.08. The highest BCUT2D eigenvalue weighted by Crippen LogP contribution is 2.42. The second-order valence-corrected chi connectivity index (χ2v) is 21.1. The van der Waals surface area contributed by atoms with Crippen molar-refractivity contribution in [1.29, 1.82) is 0 Å². The Bertz CT molecular complexity index is 1180. The SMILES string of the molecule is COC(=O)/C(=C/CC[C@H](C)CCO[Si](C(C)C)(C(C)C)C(C)C)CC(/C=C(/C)CC/C=C(/C)CCl)S(=O)(=O)c1ccccc1. The number of hydrogen-bond acceptors (Lipinski definition) is 5. The number of sulfone groups is 1. The van der Waals surface area contributed by atoms with Crippen molar-refractivity contribution in [1.82, 2.24) is 0 Å². The Hall–Kier alpha value is -1.67. The predicted octanol–water partition coefficient (Wildman–Crippen LogP) is 10.2. The van der Waals surface area contributed by atoms with E-state index in [1.54, 1.807) is 36.4 Å². The number of hydrogen-bond donors (Lipinski definition) is 0. The molecule has 250 valence electrons. The van der Waals surface area contributed by atoms with Gasteiger partial charge in [0.25, 0.3) is 0 Å². The van der Waals surface area contributed by atoms with E-state index >= 15 is 0 Å². The lowest BCUT2D eigenvalue weighted by Gasteiger charge is -2.42. The third-order valence-corrected chi connectivity index (χ3v) is 17.3.